The number of piperidine rings is 1. The summed E-state index contributed by atoms with van der Waals surface area (Å²) in [6.45, 7) is 14.9. The Kier molecular flexibility index (Phi) is 5.49. The first-order valence-electron chi connectivity index (χ1n) is 8.57. The van der Waals surface area contributed by atoms with Gasteiger partial charge in [0.05, 0.1) is 5.60 Å². The highest BCUT2D eigenvalue weighted by molar-refractivity contribution is 4.94. The summed E-state index contributed by atoms with van der Waals surface area (Å²) in [5, 5.41) is 3.74. The van der Waals surface area contributed by atoms with Crippen LogP contribution in [0.3, 0.4) is 0 Å². The molecular weight excluding hydrogens is 248 g/mol. The summed E-state index contributed by atoms with van der Waals surface area (Å²) in [4.78, 5) is 2.76. The lowest BCUT2D eigenvalue weighted by atomic mass is 9.83. The molecule has 2 saturated heterocycles. The lowest BCUT2D eigenvalue weighted by Crippen LogP contribution is -2.58. The third-order valence-electron chi connectivity index (χ3n) is 5.41. The van der Waals surface area contributed by atoms with Gasteiger partial charge in [-0.05, 0) is 58.9 Å². The van der Waals surface area contributed by atoms with Crippen molar-refractivity contribution < 1.29 is 4.74 Å². The van der Waals surface area contributed by atoms with Crippen molar-refractivity contribution in [2.24, 2.45) is 5.92 Å². The molecule has 1 N–H and O–H groups in total. The van der Waals surface area contributed by atoms with E-state index in [1.54, 1.807) is 0 Å². The third kappa shape index (κ3) is 3.75. The fourth-order valence-corrected chi connectivity index (χ4v) is 4.01. The number of hydrogen-bond acceptors (Lipinski definition) is 3. The van der Waals surface area contributed by atoms with Crippen LogP contribution in [0.1, 0.15) is 60.3 Å². The minimum absolute atomic E-state index is 0.0587. The van der Waals surface area contributed by atoms with E-state index < -0.39 is 0 Å². The second kappa shape index (κ2) is 6.76. The maximum atomic E-state index is 5.88. The first-order valence-corrected chi connectivity index (χ1v) is 8.57. The molecule has 0 bridgehead atoms. The summed E-state index contributed by atoms with van der Waals surface area (Å²) >= 11 is 0. The van der Waals surface area contributed by atoms with Crippen LogP contribution < -0.4 is 5.32 Å². The predicted octanol–water partition coefficient (Wildman–Crippen LogP) is 3.04. The fraction of sp³-hybridized carbons (Fsp3) is 1.00. The average Bonchev–Trinajstić information content (AvgIpc) is 2.39. The van der Waals surface area contributed by atoms with Gasteiger partial charge in [0.15, 0.2) is 0 Å². The Morgan fingerprint density at radius 1 is 1.25 bits per heavy atom. The minimum atomic E-state index is 0.0587. The zero-order valence-electron chi connectivity index (χ0n) is 14.1. The number of nitrogens with one attached hydrogen (secondary N) is 1. The van der Waals surface area contributed by atoms with Gasteiger partial charge in [-0.15, -0.1) is 0 Å². The van der Waals surface area contributed by atoms with E-state index in [9.17, 15) is 0 Å². The van der Waals surface area contributed by atoms with Crippen molar-refractivity contribution in [1.82, 2.24) is 10.2 Å². The molecule has 20 heavy (non-hydrogen) atoms. The van der Waals surface area contributed by atoms with Crippen molar-refractivity contribution in [3.63, 3.8) is 0 Å². The molecular formula is C17H34N2O. The van der Waals surface area contributed by atoms with Gasteiger partial charge in [-0.2, -0.15) is 0 Å². The molecule has 3 nitrogen and oxygen atoms in total. The molecule has 0 amide bonds. The quantitative estimate of drug-likeness (QED) is 0.858. The van der Waals surface area contributed by atoms with Crippen LogP contribution in [0.15, 0.2) is 0 Å². The average molecular weight is 282 g/mol. The molecule has 0 aliphatic carbocycles. The zero-order valence-corrected chi connectivity index (χ0v) is 14.1. The highest BCUT2D eigenvalue weighted by atomic mass is 16.5. The van der Waals surface area contributed by atoms with Crippen LogP contribution in [0, 0.1) is 5.92 Å². The Balaban J connectivity index is 1.94. The molecule has 0 aromatic heterocycles. The molecule has 2 fully saturated rings. The van der Waals surface area contributed by atoms with Gasteiger partial charge in [-0.3, -0.25) is 4.90 Å². The molecule has 118 valence electrons. The highest BCUT2D eigenvalue weighted by Gasteiger charge is 2.39. The van der Waals surface area contributed by atoms with Crippen LogP contribution in [-0.4, -0.2) is 48.3 Å². The summed E-state index contributed by atoms with van der Waals surface area (Å²) in [7, 11) is 0. The molecule has 2 heterocycles. The maximum Gasteiger partial charge on any atom is 0.0641 e. The van der Waals surface area contributed by atoms with Gasteiger partial charge in [-0.1, -0.05) is 13.8 Å². The van der Waals surface area contributed by atoms with Gasteiger partial charge < -0.3 is 10.1 Å². The second-order valence-corrected chi connectivity index (χ2v) is 7.44. The van der Waals surface area contributed by atoms with Crippen molar-refractivity contribution in [3.8, 4) is 0 Å². The molecule has 0 aromatic carbocycles. The minimum Gasteiger partial charge on any atom is -0.375 e. The van der Waals surface area contributed by atoms with Crippen LogP contribution in [0.5, 0.6) is 0 Å². The second-order valence-electron chi connectivity index (χ2n) is 7.44. The molecule has 3 heteroatoms. The van der Waals surface area contributed by atoms with Crippen LogP contribution >= 0.6 is 0 Å². The van der Waals surface area contributed by atoms with Gasteiger partial charge in [0.1, 0.15) is 0 Å². The van der Waals surface area contributed by atoms with Gasteiger partial charge in [0.2, 0.25) is 0 Å². The number of likely N-dealkylation sites (tertiary alicyclic amines) is 1. The normalized spacial score (nSPS) is 38.9. The maximum absolute atomic E-state index is 5.88. The Labute approximate surface area is 125 Å². The Hall–Kier alpha value is -0.120. The van der Waals surface area contributed by atoms with E-state index in [0.717, 1.165) is 19.1 Å². The molecule has 2 rings (SSSR count). The van der Waals surface area contributed by atoms with Gasteiger partial charge >= 0.3 is 0 Å². The molecule has 0 spiro atoms. The number of nitrogens with zero attached hydrogens (tertiary/aromatic N) is 1. The summed E-state index contributed by atoms with van der Waals surface area (Å²) in [5.74, 6) is 0.737. The van der Waals surface area contributed by atoms with E-state index in [-0.39, 0.29) is 5.60 Å². The van der Waals surface area contributed by atoms with E-state index in [2.05, 4.69) is 44.8 Å². The number of ether oxygens (including phenoxy) is 1. The molecule has 4 unspecified atom stereocenters. The van der Waals surface area contributed by atoms with E-state index in [1.165, 1.54) is 32.2 Å². The smallest absolute Gasteiger partial charge is 0.0641 e. The SMILES string of the molecule is CCCNC1CCN(C2CCOC(C)(C)C2)C(C)C1C. The first kappa shape index (κ1) is 16.3. The Bertz CT molecular complexity index is 305. The Morgan fingerprint density at radius 3 is 2.65 bits per heavy atom. The molecule has 2 aliphatic rings. The summed E-state index contributed by atoms with van der Waals surface area (Å²) in [5.41, 5.74) is 0.0587. The molecule has 0 saturated carbocycles. The fourth-order valence-electron chi connectivity index (χ4n) is 4.01. The topological polar surface area (TPSA) is 24.5 Å². The number of rotatable bonds is 4. The molecule has 2 aliphatic heterocycles. The van der Waals surface area contributed by atoms with E-state index in [4.69, 9.17) is 4.74 Å². The summed E-state index contributed by atoms with van der Waals surface area (Å²) in [6, 6.07) is 2.09. The highest BCUT2D eigenvalue weighted by Crippen LogP contribution is 2.33. The van der Waals surface area contributed by atoms with Crippen molar-refractivity contribution in [1.29, 1.82) is 0 Å². The van der Waals surface area contributed by atoms with E-state index >= 15 is 0 Å². The van der Waals surface area contributed by atoms with Crippen molar-refractivity contribution in [3.05, 3.63) is 0 Å². The van der Waals surface area contributed by atoms with Crippen LogP contribution in [0.2, 0.25) is 0 Å². The van der Waals surface area contributed by atoms with Crippen LogP contribution in [0.4, 0.5) is 0 Å². The van der Waals surface area contributed by atoms with Crippen LogP contribution in [0.25, 0.3) is 0 Å². The lowest BCUT2D eigenvalue weighted by molar-refractivity contribution is -0.0975. The monoisotopic (exact) mass is 282 g/mol. The summed E-state index contributed by atoms with van der Waals surface area (Å²) < 4.78 is 5.88. The largest absolute Gasteiger partial charge is 0.375 e. The molecule has 4 atom stereocenters. The van der Waals surface area contributed by atoms with Gasteiger partial charge in [0.25, 0.3) is 0 Å². The van der Waals surface area contributed by atoms with E-state index in [1.807, 2.05) is 0 Å². The van der Waals surface area contributed by atoms with Gasteiger partial charge in [-0.25, -0.2) is 0 Å². The Morgan fingerprint density at radius 2 is 2.00 bits per heavy atom. The van der Waals surface area contributed by atoms with Crippen LogP contribution in [-0.2, 0) is 4.74 Å². The van der Waals surface area contributed by atoms with E-state index in [0.29, 0.717) is 18.1 Å². The van der Waals surface area contributed by atoms with Gasteiger partial charge in [0, 0.05) is 31.3 Å². The zero-order chi connectivity index (χ0) is 14.8. The lowest BCUT2D eigenvalue weighted by Gasteiger charge is -2.49. The van der Waals surface area contributed by atoms with Crippen molar-refractivity contribution in [2.45, 2.75) is 84.0 Å². The first-order chi connectivity index (χ1) is 9.44. The summed E-state index contributed by atoms with van der Waals surface area (Å²) in [6.07, 6.45) is 4.91. The third-order valence-corrected chi connectivity index (χ3v) is 5.41. The predicted molar refractivity (Wildman–Crippen MR) is 85.1 cm³/mol. The standard InChI is InChI=1S/C17H34N2O/c1-6-9-18-16-7-10-19(14(3)13(16)2)15-8-11-20-17(4,5)12-15/h13-16,18H,6-12H2,1-5H3. The number of hydrogen-bond donors (Lipinski definition) is 1. The van der Waals surface area contributed by atoms with Crippen molar-refractivity contribution >= 4 is 0 Å². The molecule has 0 radical (unpaired) electrons. The molecule has 0 aromatic rings. The van der Waals surface area contributed by atoms with Crippen molar-refractivity contribution in [2.75, 3.05) is 19.7 Å².